The van der Waals surface area contributed by atoms with Crippen molar-refractivity contribution in [2.45, 2.75) is 25.2 Å². The quantitative estimate of drug-likeness (QED) is 0.674. The molecular weight excluding hydrogens is 334 g/mol. The Bertz CT molecular complexity index is 992. The Labute approximate surface area is 159 Å². The van der Waals surface area contributed by atoms with E-state index in [0.717, 1.165) is 16.8 Å². The molecule has 0 aliphatic carbocycles. The van der Waals surface area contributed by atoms with E-state index in [0.29, 0.717) is 12.0 Å². The molecule has 0 bridgehead atoms. The van der Waals surface area contributed by atoms with Gasteiger partial charge in [-0.15, -0.1) is 0 Å². The maximum absolute atomic E-state index is 13.1. The Morgan fingerprint density at radius 1 is 0.889 bits per heavy atom. The molecule has 1 N–H and O–H groups in total. The van der Waals surface area contributed by atoms with Crippen LogP contribution in [0, 0.1) is 6.92 Å². The van der Waals surface area contributed by atoms with Gasteiger partial charge in [-0.3, -0.25) is 9.59 Å². The summed E-state index contributed by atoms with van der Waals surface area (Å²) in [4.78, 5) is 26.2. The van der Waals surface area contributed by atoms with Gasteiger partial charge in [0.1, 0.15) is 0 Å². The van der Waals surface area contributed by atoms with Gasteiger partial charge in [-0.25, -0.2) is 0 Å². The molecule has 4 rings (SSSR count). The largest absolute Gasteiger partial charge is 0.325 e. The monoisotopic (exact) mass is 355 g/mol. The molecular formula is C24H21NO2. The zero-order valence-corrected chi connectivity index (χ0v) is 15.2. The van der Waals surface area contributed by atoms with E-state index in [1.165, 1.54) is 5.56 Å². The molecule has 1 aliphatic rings. The fourth-order valence-electron chi connectivity index (χ4n) is 3.84. The Morgan fingerprint density at radius 3 is 2.30 bits per heavy atom. The number of fused-ring (bicyclic) bond motifs is 1. The zero-order chi connectivity index (χ0) is 18.9. The summed E-state index contributed by atoms with van der Waals surface area (Å²) >= 11 is 0. The first-order valence-electron chi connectivity index (χ1n) is 9.13. The van der Waals surface area contributed by atoms with Crippen molar-refractivity contribution in [2.75, 3.05) is 5.32 Å². The van der Waals surface area contributed by atoms with Gasteiger partial charge in [0, 0.05) is 17.7 Å². The van der Waals surface area contributed by atoms with Crippen LogP contribution in [0.15, 0.2) is 78.9 Å². The molecule has 1 heterocycles. The summed E-state index contributed by atoms with van der Waals surface area (Å²) < 4.78 is 0. The second-order valence-electron chi connectivity index (χ2n) is 7.21. The molecule has 0 unspecified atom stereocenters. The predicted octanol–water partition coefficient (Wildman–Crippen LogP) is 4.70. The van der Waals surface area contributed by atoms with Crippen LogP contribution in [-0.4, -0.2) is 11.7 Å². The van der Waals surface area contributed by atoms with Crippen LogP contribution in [-0.2, 0) is 16.6 Å². The summed E-state index contributed by atoms with van der Waals surface area (Å²) in [5.41, 5.74) is 3.67. The number of ketones is 1. The molecule has 0 spiro atoms. The van der Waals surface area contributed by atoms with Gasteiger partial charge >= 0.3 is 0 Å². The highest BCUT2D eigenvalue weighted by Gasteiger charge is 2.48. The van der Waals surface area contributed by atoms with Gasteiger partial charge in [0.15, 0.2) is 5.78 Å². The van der Waals surface area contributed by atoms with Gasteiger partial charge in [-0.1, -0.05) is 78.4 Å². The number of rotatable bonds is 5. The number of hydrogen-bond donors (Lipinski definition) is 1. The number of Topliss-reactive ketones (excluding diaryl/α,β-unsaturated/α-hetero) is 1. The number of anilines is 1. The number of nitrogens with one attached hydrogen (secondary N) is 1. The Morgan fingerprint density at radius 2 is 1.56 bits per heavy atom. The normalized spacial score (nSPS) is 18.0. The number of amides is 1. The van der Waals surface area contributed by atoms with Gasteiger partial charge in [-0.05, 0) is 30.5 Å². The van der Waals surface area contributed by atoms with Crippen LogP contribution in [0.25, 0.3) is 0 Å². The van der Waals surface area contributed by atoms with Crippen molar-refractivity contribution in [2.24, 2.45) is 0 Å². The lowest BCUT2D eigenvalue weighted by Gasteiger charge is -2.27. The van der Waals surface area contributed by atoms with E-state index >= 15 is 0 Å². The summed E-state index contributed by atoms with van der Waals surface area (Å²) in [6.07, 6.45) is 0.641. The number of carbonyl (C=O) groups is 2. The summed E-state index contributed by atoms with van der Waals surface area (Å²) in [6.45, 7) is 2.04. The van der Waals surface area contributed by atoms with E-state index in [1.54, 1.807) is 12.1 Å². The van der Waals surface area contributed by atoms with Crippen molar-refractivity contribution < 1.29 is 9.59 Å². The van der Waals surface area contributed by atoms with Crippen molar-refractivity contribution in [3.05, 3.63) is 101 Å². The molecule has 3 aromatic rings. The second-order valence-corrected chi connectivity index (χ2v) is 7.21. The molecule has 134 valence electrons. The molecule has 3 aromatic carbocycles. The third kappa shape index (κ3) is 3.17. The average Bonchev–Trinajstić information content (AvgIpc) is 2.96. The van der Waals surface area contributed by atoms with E-state index in [-0.39, 0.29) is 18.1 Å². The van der Waals surface area contributed by atoms with Crippen molar-refractivity contribution in [1.29, 1.82) is 0 Å². The predicted molar refractivity (Wildman–Crippen MR) is 107 cm³/mol. The molecule has 0 saturated carbocycles. The van der Waals surface area contributed by atoms with E-state index in [2.05, 4.69) is 5.32 Å². The average molecular weight is 355 g/mol. The lowest BCUT2D eigenvalue weighted by atomic mass is 9.72. The lowest BCUT2D eigenvalue weighted by Crippen LogP contribution is -2.39. The molecule has 0 saturated heterocycles. The standard InChI is InChI=1S/C24H21NO2/c1-17-11-13-18(14-12-17)15-24(16-22(26)19-7-3-2-4-8-19)20-9-5-6-10-21(20)25-23(24)27/h2-14H,15-16H2,1H3,(H,25,27)/t24-/m0/s1. The third-order valence-electron chi connectivity index (χ3n) is 5.31. The molecule has 27 heavy (non-hydrogen) atoms. The first-order valence-corrected chi connectivity index (χ1v) is 9.13. The smallest absolute Gasteiger partial charge is 0.235 e. The molecule has 3 heteroatoms. The van der Waals surface area contributed by atoms with Crippen LogP contribution < -0.4 is 5.32 Å². The topological polar surface area (TPSA) is 46.2 Å². The summed E-state index contributed by atoms with van der Waals surface area (Å²) in [6, 6.07) is 25.0. The highest BCUT2D eigenvalue weighted by atomic mass is 16.2. The van der Waals surface area contributed by atoms with Gasteiger partial charge in [-0.2, -0.15) is 0 Å². The zero-order valence-electron chi connectivity index (χ0n) is 15.2. The highest BCUT2D eigenvalue weighted by molar-refractivity contribution is 6.10. The fraction of sp³-hybridized carbons (Fsp3) is 0.167. The van der Waals surface area contributed by atoms with Crippen LogP contribution in [0.3, 0.4) is 0 Å². The molecule has 3 nitrogen and oxygen atoms in total. The van der Waals surface area contributed by atoms with Gasteiger partial charge in [0.2, 0.25) is 5.91 Å². The number of carbonyl (C=O) groups excluding carboxylic acids is 2. The lowest BCUT2D eigenvalue weighted by molar-refractivity contribution is -0.120. The first-order chi connectivity index (χ1) is 13.1. The van der Waals surface area contributed by atoms with Crippen LogP contribution in [0.5, 0.6) is 0 Å². The number of para-hydroxylation sites is 1. The summed E-state index contributed by atoms with van der Waals surface area (Å²) in [5.74, 6) is -0.122. The fourth-order valence-corrected chi connectivity index (χ4v) is 3.84. The summed E-state index contributed by atoms with van der Waals surface area (Å²) in [5, 5.41) is 2.99. The van der Waals surface area contributed by atoms with E-state index in [1.807, 2.05) is 73.7 Å². The Hall–Kier alpha value is -3.20. The van der Waals surface area contributed by atoms with Crippen molar-refractivity contribution >= 4 is 17.4 Å². The van der Waals surface area contributed by atoms with E-state index in [4.69, 9.17) is 0 Å². The molecule has 1 amide bonds. The maximum atomic E-state index is 13.1. The van der Waals surface area contributed by atoms with Crippen LogP contribution in [0.1, 0.15) is 33.5 Å². The minimum Gasteiger partial charge on any atom is -0.325 e. The summed E-state index contributed by atoms with van der Waals surface area (Å²) in [7, 11) is 0. The molecule has 0 aromatic heterocycles. The molecule has 1 atom stereocenters. The van der Waals surface area contributed by atoms with Crippen LogP contribution in [0.4, 0.5) is 5.69 Å². The van der Waals surface area contributed by atoms with Crippen LogP contribution >= 0.6 is 0 Å². The first kappa shape index (κ1) is 17.2. The van der Waals surface area contributed by atoms with Gasteiger partial charge in [0.25, 0.3) is 0 Å². The second kappa shape index (κ2) is 6.84. The van der Waals surface area contributed by atoms with Gasteiger partial charge in [0.05, 0.1) is 5.41 Å². The van der Waals surface area contributed by atoms with Crippen molar-refractivity contribution in [3.8, 4) is 0 Å². The molecule has 0 radical (unpaired) electrons. The Balaban J connectivity index is 1.77. The van der Waals surface area contributed by atoms with Crippen LogP contribution in [0.2, 0.25) is 0 Å². The van der Waals surface area contributed by atoms with Crippen molar-refractivity contribution in [1.82, 2.24) is 0 Å². The molecule has 0 fully saturated rings. The third-order valence-corrected chi connectivity index (χ3v) is 5.31. The Kier molecular flexibility index (Phi) is 4.36. The number of aryl methyl sites for hydroxylation is 1. The van der Waals surface area contributed by atoms with Gasteiger partial charge < -0.3 is 5.32 Å². The minimum absolute atomic E-state index is 0.0189. The minimum atomic E-state index is -0.890. The maximum Gasteiger partial charge on any atom is 0.235 e. The SMILES string of the molecule is Cc1ccc(C[C@@]2(CC(=O)c3ccccc3)C(=O)Nc3ccccc32)cc1. The van der Waals surface area contributed by atoms with E-state index in [9.17, 15) is 9.59 Å². The highest BCUT2D eigenvalue weighted by Crippen LogP contribution is 2.43. The molecule has 1 aliphatic heterocycles. The van der Waals surface area contributed by atoms with E-state index < -0.39 is 5.41 Å². The van der Waals surface area contributed by atoms with Crippen molar-refractivity contribution in [3.63, 3.8) is 0 Å². The number of benzene rings is 3. The number of hydrogen-bond acceptors (Lipinski definition) is 2.